The molecule has 0 fully saturated rings. The summed E-state index contributed by atoms with van der Waals surface area (Å²) in [6.07, 6.45) is 2.98. The second-order valence-electron chi connectivity index (χ2n) is 6.20. The zero-order chi connectivity index (χ0) is 14.1. The van der Waals surface area contributed by atoms with Gasteiger partial charge in [-0.15, -0.1) is 0 Å². The van der Waals surface area contributed by atoms with Crippen molar-refractivity contribution in [3.05, 3.63) is 0 Å². The van der Waals surface area contributed by atoms with Crippen molar-refractivity contribution < 1.29 is 18.6 Å². The van der Waals surface area contributed by atoms with Gasteiger partial charge in [-0.1, -0.05) is 10.3 Å². The van der Waals surface area contributed by atoms with Gasteiger partial charge in [0.15, 0.2) is 13.2 Å². The molecular weight excluding hydrogens is 232 g/mol. The maximum Gasteiger partial charge on any atom is 0.165 e. The van der Waals surface area contributed by atoms with Crippen LogP contribution in [0.2, 0.25) is 0 Å². The van der Waals surface area contributed by atoms with E-state index < -0.39 is 0 Å². The van der Waals surface area contributed by atoms with Gasteiger partial charge in [-0.2, -0.15) is 0 Å². The maximum absolute atomic E-state index is 5.07. The molecule has 0 aromatic rings. The molecule has 0 amide bonds. The van der Waals surface area contributed by atoms with Crippen molar-refractivity contribution in [3.63, 3.8) is 0 Å². The first-order valence-corrected chi connectivity index (χ1v) is 6.11. The fourth-order valence-corrected chi connectivity index (χ4v) is 0.875. The molecule has 0 saturated carbocycles. The van der Waals surface area contributed by atoms with Crippen LogP contribution < -0.4 is 0 Å². The van der Waals surface area contributed by atoms with Crippen molar-refractivity contribution >= 4 is 12.4 Å². The largest absolute Gasteiger partial charge is 0.390 e. The minimum Gasteiger partial charge on any atom is -0.390 e. The third-order valence-corrected chi connectivity index (χ3v) is 2.04. The predicted molar refractivity (Wildman–Crippen MR) is 74.7 cm³/mol. The lowest BCUT2D eigenvalue weighted by atomic mass is 10.5. The van der Waals surface area contributed by atoms with Crippen molar-refractivity contribution in [2.75, 3.05) is 68.6 Å². The lowest BCUT2D eigenvalue weighted by Crippen LogP contribution is -2.37. The van der Waals surface area contributed by atoms with Crippen molar-refractivity contribution in [1.29, 1.82) is 0 Å². The van der Waals surface area contributed by atoms with Gasteiger partial charge in [0.25, 0.3) is 0 Å². The van der Waals surface area contributed by atoms with E-state index >= 15 is 0 Å². The Labute approximate surface area is 111 Å². The monoisotopic (exact) mass is 260 g/mol. The fourth-order valence-electron chi connectivity index (χ4n) is 0.875. The molecule has 0 aliphatic heterocycles. The van der Waals surface area contributed by atoms with Crippen LogP contribution in [0.5, 0.6) is 0 Å². The van der Waals surface area contributed by atoms with Crippen LogP contribution in [0.3, 0.4) is 0 Å². The van der Waals surface area contributed by atoms with Crippen LogP contribution in [0, 0.1) is 0 Å². The van der Waals surface area contributed by atoms with E-state index in [1.54, 1.807) is 0 Å². The number of rotatable bonds is 9. The third-order valence-electron chi connectivity index (χ3n) is 2.04. The smallest absolute Gasteiger partial charge is 0.165 e. The highest BCUT2D eigenvalue weighted by atomic mass is 16.6. The van der Waals surface area contributed by atoms with Crippen molar-refractivity contribution in [3.8, 4) is 0 Å². The molecule has 6 heteroatoms. The number of hydrogen-bond donors (Lipinski definition) is 0. The Balaban J connectivity index is 3.47. The first-order chi connectivity index (χ1) is 8.21. The Morgan fingerprint density at radius 3 is 1.33 bits per heavy atom. The van der Waals surface area contributed by atoms with E-state index in [0.717, 1.165) is 22.1 Å². The number of likely N-dealkylation sites (N-methyl/N-ethyl adjacent to an activating group) is 2. The molecular formula is C12H28N4O2+2. The standard InChI is InChI=1S/C12H28N4O2/c1-15(2,3)9-11-17-13-7-8-14-18-12-10-16(4,5)6/h7-8H,9-12H2,1-6H3/q+2/b13-7+,14-8+. The Bertz CT molecular complexity index is 236. The summed E-state index contributed by atoms with van der Waals surface area (Å²) in [6, 6.07) is 0. The van der Waals surface area contributed by atoms with E-state index in [1.807, 2.05) is 0 Å². The summed E-state index contributed by atoms with van der Waals surface area (Å²) in [5, 5.41) is 7.51. The Kier molecular flexibility index (Phi) is 7.54. The summed E-state index contributed by atoms with van der Waals surface area (Å²) in [5.41, 5.74) is 0. The molecule has 0 saturated heterocycles. The van der Waals surface area contributed by atoms with Gasteiger partial charge in [0.1, 0.15) is 13.1 Å². The second-order valence-corrected chi connectivity index (χ2v) is 6.20. The molecule has 106 valence electrons. The Morgan fingerprint density at radius 1 is 0.722 bits per heavy atom. The first-order valence-electron chi connectivity index (χ1n) is 6.11. The summed E-state index contributed by atoms with van der Waals surface area (Å²) in [5.74, 6) is 0. The van der Waals surface area contributed by atoms with Crippen molar-refractivity contribution in [2.45, 2.75) is 0 Å². The summed E-state index contributed by atoms with van der Waals surface area (Å²) in [6.45, 7) is 3.01. The number of quaternary nitrogens is 2. The zero-order valence-electron chi connectivity index (χ0n) is 12.6. The average Bonchev–Trinajstić information content (AvgIpc) is 2.17. The number of hydrogen-bond acceptors (Lipinski definition) is 4. The minimum atomic E-state index is 0.593. The molecule has 0 spiro atoms. The highest BCUT2D eigenvalue weighted by Crippen LogP contribution is 1.90. The zero-order valence-corrected chi connectivity index (χ0v) is 12.6. The van der Waals surface area contributed by atoms with Gasteiger partial charge in [-0.3, -0.25) is 0 Å². The molecule has 0 unspecified atom stereocenters. The molecule has 0 atom stereocenters. The summed E-state index contributed by atoms with van der Waals surface area (Å²) in [7, 11) is 12.6. The fraction of sp³-hybridized carbons (Fsp3) is 0.833. The van der Waals surface area contributed by atoms with Crippen LogP contribution in [0.4, 0.5) is 0 Å². The van der Waals surface area contributed by atoms with E-state index in [1.165, 1.54) is 12.4 Å². The van der Waals surface area contributed by atoms with Gasteiger partial charge >= 0.3 is 0 Å². The van der Waals surface area contributed by atoms with Gasteiger partial charge < -0.3 is 18.6 Å². The van der Waals surface area contributed by atoms with Gasteiger partial charge in [0.05, 0.1) is 54.7 Å². The molecule has 0 N–H and O–H groups in total. The van der Waals surface area contributed by atoms with Crippen molar-refractivity contribution in [1.82, 2.24) is 0 Å². The molecule has 0 rings (SSSR count). The molecule has 0 radical (unpaired) electrons. The maximum atomic E-state index is 5.07. The van der Waals surface area contributed by atoms with E-state index in [-0.39, 0.29) is 0 Å². The second kappa shape index (κ2) is 8.05. The number of oxime groups is 2. The molecule has 0 aromatic heterocycles. The highest BCUT2D eigenvalue weighted by molar-refractivity contribution is 6.15. The van der Waals surface area contributed by atoms with Gasteiger partial charge in [0, 0.05) is 0 Å². The Hall–Kier alpha value is -1.14. The molecule has 0 bridgehead atoms. The van der Waals surface area contributed by atoms with E-state index in [2.05, 4.69) is 52.6 Å². The first kappa shape index (κ1) is 16.9. The topological polar surface area (TPSA) is 43.2 Å². The lowest BCUT2D eigenvalue weighted by molar-refractivity contribution is -0.870. The average molecular weight is 260 g/mol. The molecule has 18 heavy (non-hydrogen) atoms. The quantitative estimate of drug-likeness (QED) is 0.261. The van der Waals surface area contributed by atoms with Gasteiger partial charge in [-0.05, 0) is 0 Å². The van der Waals surface area contributed by atoms with Gasteiger partial charge in [0.2, 0.25) is 0 Å². The molecule has 0 aliphatic rings. The molecule has 6 nitrogen and oxygen atoms in total. The van der Waals surface area contributed by atoms with E-state index in [0.29, 0.717) is 13.2 Å². The third kappa shape index (κ3) is 14.9. The van der Waals surface area contributed by atoms with Crippen LogP contribution in [0.25, 0.3) is 0 Å². The van der Waals surface area contributed by atoms with Crippen LogP contribution in [-0.2, 0) is 9.68 Å². The normalized spacial score (nSPS) is 13.4. The summed E-state index contributed by atoms with van der Waals surface area (Å²) < 4.78 is 1.72. The molecule has 0 aliphatic carbocycles. The minimum absolute atomic E-state index is 0.593. The summed E-state index contributed by atoms with van der Waals surface area (Å²) in [4.78, 5) is 10.1. The highest BCUT2D eigenvalue weighted by Gasteiger charge is 2.05. The van der Waals surface area contributed by atoms with E-state index in [4.69, 9.17) is 9.68 Å². The predicted octanol–water partition coefficient (Wildman–Crippen LogP) is 0.404. The van der Waals surface area contributed by atoms with Crippen LogP contribution >= 0.6 is 0 Å². The van der Waals surface area contributed by atoms with Crippen LogP contribution in [-0.4, -0.2) is 90.0 Å². The van der Waals surface area contributed by atoms with Gasteiger partial charge in [-0.25, -0.2) is 0 Å². The van der Waals surface area contributed by atoms with Crippen molar-refractivity contribution in [2.24, 2.45) is 10.3 Å². The lowest BCUT2D eigenvalue weighted by Gasteiger charge is -2.22. The van der Waals surface area contributed by atoms with Crippen LogP contribution in [0.15, 0.2) is 10.3 Å². The Morgan fingerprint density at radius 2 is 1.06 bits per heavy atom. The SMILES string of the molecule is C[N+](C)(C)CCO/N=C/C=N/OCC[N+](C)(C)C. The van der Waals surface area contributed by atoms with Crippen LogP contribution in [0.1, 0.15) is 0 Å². The summed E-state index contributed by atoms with van der Waals surface area (Å²) >= 11 is 0. The molecule has 0 heterocycles. The van der Waals surface area contributed by atoms with E-state index in [9.17, 15) is 0 Å². The molecule has 0 aromatic carbocycles. The number of nitrogens with zero attached hydrogens (tertiary/aromatic N) is 4.